The van der Waals surface area contributed by atoms with Crippen molar-refractivity contribution in [2.75, 3.05) is 6.61 Å². The summed E-state index contributed by atoms with van der Waals surface area (Å²) < 4.78 is 12.9. The van der Waals surface area contributed by atoms with E-state index < -0.39 is 25.9 Å². The van der Waals surface area contributed by atoms with E-state index in [0.29, 0.717) is 35.6 Å². The number of carbonyl (C=O) groups is 2. The third-order valence-electron chi connectivity index (χ3n) is 10.7. The van der Waals surface area contributed by atoms with E-state index in [1.165, 1.54) is 6.92 Å². The zero-order chi connectivity index (χ0) is 26.5. The van der Waals surface area contributed by atoms with Gasteiger partial charge in [-0.2, -0.15) is 0 Å². The number of Topliss-reactive ketones (excluding diaryl/α,β-unsaturated/α-hetero) is 1. The van der Waals surface area contributed by atoms with Crippen LogP contribution in [0.25, 0.3) is 0 Å². The Bertz CT molecular complexity index is 772. The summed E-state index contributed by atoms with van der Waals surface area (Å²) >= 11 is 0. The molecule has 35 heavy (non-hydrogen) atoms. The highest BCUT2D eigenvalue weighted by Crippen LogP contribution is 2.65. The van der Waals surface area contributed by atoms with Gasteiger partial charge < -0.3 is 14.3 Å². The van der Waals surface area contributed by atoms with Gasteiger partial charge in [0, 0.05) is 31.3 Å². The number of rotatable bonds is 7. The Labute approximate surface area is 215 Å². The van der Waals surface area contributed by atoms with Gasteiger partial charge in [-0.3, -0.25) is 9.59 Å². The maximum Gasteiger partial charge on any atom is 0.303 e. The molecule has 3 aliphatic rings. The summed E-state index contributed by atoms with van der Waals surface area (Å²) in [5.74, 6) is 0.373. The van der Waals surface area contributed by atoms with Crippen LogP contribution in [0.4, 0.5) is 0 Å². The molecule has 0 amide bonds. The van der Waals surface area contributed by atoms with Gasteiger partial charge in [0.05, 0.1) is 6.10 Å². The highest BCUT2D eigenvalue weighted by Gasteiger charge is 2.67. The molecule has 0 bridgehead atoms. The van der Waals surface area contributed by atoms with Crippen molar-refractivity contribution in [2.24, 2.45) is 34.5 Å². The predicted octanol–water partition coefficient (Wildman–Crippen LogP) is 6.53. The summed E-state index contributed by atoms with van der Waals surface area (Å²) in [6.07, 6.45) is 2.85. The largest absolute Gasteiger partial charge is 0.460 e. The summed E-state index contributed by atoms with van der Waals surface area (Å²) in [5.41, 5.74) is 0.514. The minimum atomic E-state index is -2.13. The molecule has 1 N–H and O–H groups in total. The average Bonchev–Trinajstić information content (AvgIpc) is 2.73. The van der Waals surface area contributed by atoms with Gasteiger partial charge >= 0.3 is 5.97 Å². The summed E-state index contributed by atoms with van der Waals surface area (Å²) in [5, 5.41) is 11.9. The highest BCUT2D eigenvalue weighted by molar-refractivity contribution is 6.77. The van der Waals surface area contributed by atoms with E-state index in [1.807, 2.05) is 0 Å². The van der Waals surface area contributed by atoms with E-state index in [-0.39, 0.29) is 34.9 Å². The number of hydrogen-bond donors (Lipinski definition) is 1. The molecule has 0 spiro atoms. The molecule has 0 radical (unpaired) electrons. The molecule has 0 aliphatic heterocycles. The molecule has 3 rings (SSSR count). The molecule has 0 aromatic rings. The van der Waals surface area contributed by atoms with Crippen LogP contribution in [0.5, 0.6) is 0 Å². The molecule has 0 aromatic carbocycles. The first-order valence-electron chi connectivity index (χ1n) is 14.2. The molecular weight excluding hydrogens is 456 g/mol. The summed E-state index contributed by atoms with van der Waals surface area (Å²) in [4.78, 5) is 25.7. The van der Waals surface area contributed by atoms with Crippen LogP contribution in [-0.4, -0.2) is 44.0 Å². The summed E-state index contributed by atoms with van der Waals surface area (Å²) in [6.45, 7) is 22.3. The SMILES string of the molecule is CC(=O)O[C@H]1[C@@H](O)[C@H]2[C@@](CO[Si](C(C)C)(C(C)C)C(C)C)(CC[C@H]3[C@H](C)CCC(=O)[C@@]32C)C[C@H]1C. The number of ketones is 1. The Hall–Kier alpha value is -0.723. The predicted molar refractivity (Wildman–Crippen MR) is 143 cm³/mol. The van der Waals surface area contributed by atoms with Crippen LogP contribution in [0, 0.1) is 34.5 Å². The summed E-state index contributed by atoms with van der Waals surface area (Å²) in [7, 11) is -2.13. The van der Waals surface area contributed by atoms with E-state index in [9.17, 15) is 14.7 Å². The van der Waals surface area contributed by atoms with Gasteiger partial charge in [0.2, 0.25) is 0 Å². The van der Waals surface area contributed by atoms with E-state index in [2.05, 4.69) is 62.3 Å². The van der Waals surface area contributed by atoms with E-state index >= 15 is 0 Å². The first-order chi connectivity index (χ1) is 16.1. The van der Waals surface area contributed by atoms with Crippen LogP contribution in [0.2, 0.25) is 16.6 Å². The maximum atomic E-state index is 13.7. The zero-order valence-corrected chi connectivity index (χ0v) is 25.0. The molecule has 3 fully saturated rings. The van der Waals surface area contributed by atoms with Crippen molar-refractivity contribution in [3.63, 3.8) is 0 Å². The monoisotopic (exact) mass is 508 g/mol. The van der Waals surface area contributed by atoms with Crippen LogP contribution >= 0.6 is 0 Å². The Morgan fingerprint density at radius 3 is 2.14 bits per heavy atom. The Balaban J connectivity index is 2.10. The topological polar surface area (TPSA) is 72.8 Å². The van der Waals surface area contributed by atoms with Gasteiger partial charge in [-0.05, 0) is 65.5 Å². The highest BCUT2D eigenvalue weighted by atomic mass is 28.4. The number of aliphatic hydroxyl groups is 1. The number of aliphatic hydroxyl groups excluding tert-OH is 1. The van der Waals surface area contributed by atoms with Gasteiger partial charge in [-0.15, -0.1) is 0 Å². The smallest absolute Gasteiger partial charge is 0.303 e. The molecule has 0 heterocycles. The summed E-state index contributed by atoms with van der Waals surface area (Å²) in [6, 6.07) is 0. The third kappa shape index (κ3) is 4.58. The lowest BCUT2D eigenvalue weighted by Crippen LogP contribution is -2.68. The number of esters is 1. The van der Waals surface area contributed by atoms with Gasteiger partial charge in [0.1, 0.15) is 11.9 Å². The molecular formula is C29H52O5Si. The van der Waals surface area contributed by atoms with Gasteiger partial charge in [0.25, 0.3) is 0 Å². The Morgan fingerprint density at radius 2 is 1.63 bits per heavy atom. The fraction of sp³-hybridized carbons (Fsp3) is 0.931. The van der Waals surface area contributed by atoms with Crippen LogP contribution in [-0.2, 0) is 18.8 Å². The van der Waals surface area contributed by atoms with Crippen molar-refractivity contribution in [3.05, 3.63) is 0 Å². The molecule has 0 saturated heterocycles. The van der Waals surface area contributed by atoms with Crippen molar-refractivity contribution in [2.45, 2.75) is 130 Å². The van der Waals surface area contributed by atoms with E-state index in [4.69, 9.17) is 9.16 Å². The van der Waals surface area contributed by atoms with Crippen LogP contribution in [0.15, 0.2) is 0 Å². The standard InChI is InChI=1S/C29H52O5Si/c1-17(2)35(18(3)4,19(5)6)33-16-29-14-13-23-20(7)11-12-24(31)28(23,10)27(29)25(32)26(21(8)15-29)34-22(9)30/h17-21,23,25-27,32H,11-16H2,1-10H3/t20-,21-,23+,25-,26-,27-,28-,29+/m1/s1. The van der Waals surface area contributed by atoms with Gasteiger partial charge in [-0.25, -0.2) is 0 Å². The second-order valence-corrected chi connectivity index (χ2v) is 19.0. The van der Waals surface area contributed by atoms with Crippen molar-refractivity contribution in [1.29, 1.82) is 0 Å². The molecule has 6 heteroatoms. The fourth-order valence-corrected chi connectivity index (χ4v) is 15.0. The average molecular weight is 509 g/mol. The van der Waals surface area contributed by atoms with Gasteiger partial charge in [-0.1, -0.05) is 62.3 Å². The van der Waals surface area contributed by atoms with Crippen LogP contribution < -0.4 is 0 Å². The lowest BCUT2D eigenvalue weighted by Gasteiger charge is -2.64. The number of hydrogen-bond acceptors (Lipinski definition) is 5. The lowest BCUT2D eigenvalue weighted by molar-refractivity contribution is -0.227. The van der Waals surface area contributed by atoms with Crippen molar-refractivity contribution in [1.82, 2.24) is 0 Å². The van der Waals surface area contributed by atoms with E-state index in [0.717, 1.165) is 25.7 Å². The molecule has 3 saturated carbocycles. The molecule has 3 aliphatic carbocycles. The number of carbonyl (C=O) groups excluding carboxylic acids is 2. The molecule has 5 nitrogen and oxygen atoms in total. The number of fused-ring (bicyclic) bond motifs is 3. The molecule has 0 unspecified atom stereocenters. The normalized spacial score (nSPS) is 40.1. The minimum absolute atomic E-state index is 0.0123. The van der Waals surface area contributed by atoms with Crippen molar-refractivity contribution < 1.29 is 23.9 Å². The quantitative estimate of drug-likeness (QED) is 0.313. The molecule has 0 aromatic heterocycles. The van der Waals surface area contributed by atoms with Gasteiger partial charge in [0.15, 0.2) is 8.32 Å². The molecule has 202 valence electrons. The number of ether oxygens (including phenoxy) is 1. The van der Waals surface area contributed by atoms with E-state index in [1.54, 1.807) is 0 Å². The van der Waals surface area contributed by atoms with Crippen molar-refractivity contribution in [3.8, 4) is 0 Å². The van der Waals surface area contributed by atoms with Crippen molar-refractivity contribution >= 4 is 20.1 Å². The second-order valence-electron chi connectivity index (χ2n) is 13.6. The van der Waals surface area contributed by atoms with Crippen LogP contribution in [0.1, 0.15) is 101 Å². The minimum Gasteiger partial charge on any atom is -0.460 e. The Morgan fingerprint density at radius 1 is 1.06 bits per heavy atom. The zero-order valence-electron chi connectivity index (χ0n) is 24.0. The second kappa shape index (κ2) is 10.2. The van der Waals surface area contributed by atoms with Crippen LogP contribution in [0.3, 0.4) is 0 Å². The first-order valence-corrected chi connectivity index (χ1v) is 16.3. The molecule has 8 atom stereocenters. The fourth-order valence-electron chi connectivity index (χ4n) is 9.45. The lowest BCUT2D eigenvalue weighted by atomic mass is 9.41. The Kier molecular flexibility index (Phi) is 8.41. The maximum absolute atomic E-state index is 13.7. The third-order valence-corrected chi connectivity index (χ3v) is 16.8. The first kappa shape index (κ1) is 28.8.